The van der Waals surface area contributed by atoms with Gasteiger partial charge in [-0.1, -0.05) is 42.5 Å². The first-order chi connectivity index (χ1) is 38.1. The summed E-state index contributed by atoms with van der Waals surface area (Å²) in [5, 5.41) is 8.72. The maximum absolute atomic E-state index is 15.2. The van der Waals surface area contributed by atoms with Gasteiger partial charge in [0.05, 0.1) is 19.6 Å². The second-order valence-corrected chi connectivity index (χ2v) is 20.6. The van der Waals surface area contributed by atoms with Crippen LogP contribution in [0.15, 0.2) is 89.3 Å². The average Bonchev–Trinajstić information content (AvgIpc) is 3.98. The number of likely N-dealkylation sites (N-methyl/N-ethyl adjacent to an activating group) is 2. The second kappa shape index (κ2) is 27.8. The number of ketones is 1. The predicted octanol–water partition coefficient (Wildman–Crippen LogP) is 8.92. The molecule has 4 aliphatic heterocycles. The van der Waals surface area contributed by atoms with E-state index in [1.165, 1.54) is 30.3 Å². The molecule has 4 aromatic carbocycles. The van der Waals surface area contributed by atoms with Gasteiger partial charge >= 0.3 is 24.9 Å². The van der Waals surface area contributed by atoms with Crippen LogP contribution in [-0.4, -0.2) is 169 Å². The molecular weight excluding hydrogens is 1030 g/mol. The number of nitrogens with zero attached hydrogens (tertiary/aromatic N) is 10. The minimum Gasteiger partial charge on any atom is -0.415 e. The van der Waals surface area contributed by atoms with E-state index in [4.69, 9.17) is 4.42 Å². The number of Topliss-reactive ketones (excluding diaryl/α,β-unsaturated/α-hetero) is 1. The van der Waals surface area contributed by atoms with Gasteiger partial charge in [0.15, 0.2) is 5.78 Å². The lowest BCUT2D eigenvalue weighted by Crippen LogP contribution is -2.45. The third-order valence-corrected chi connectivity index (χ3v) is 14.8. The number of benzene rings is 4. The van der Waals surface area contributed by atoms with Gasteiger partial charge in [-0.3, -0.25) is 29.2 Å². The van der Waals surface area contributed by atoms with E-state index in [-0.39, 0.29) is 47.7 Å². The lowest BCUT2D eigenvalue weighted by atomic mass is 10.1. The number of amides is 5. The molecule has 0 bridgehead atoms. The number of piperazine rings is 2. The number of nitrogens with one attached hydrogen (secondary N) is 1. The summed E-state index contributed by atoms with van der Waals surface area (Å²) < 4.78 is 85.7. The summed E-state index contributed by atoms with van der Waals surface area (Å²) in [6, 6.07) is 23.3. The summed E-state index contributed by atoms with van der Waals surface area (Å²) in [7, 11) is 4.25. The zero-order chi connectivity index (χ0) is 56.0. The molecule has 4 saturated heterocycles. The van der Waals surface area contributed by atoms with Crippen LogP contribution in [0.4, 0.5) is 47.3 Å². The standard InChI is InChI=1S/C29H36F3N5O3.C28H33F3N6O2/c1-34-13-15-35(16-14-34)19-21-5-9-24(10-6-21)37(29(40)36-11-3-2-4-12-36)20-23-8-7-22(17-25(23)30)26(38)18-33-28(39)27(31)32;1-34-13-15-35(16-14-34)18-20-5-9-23(10-6-20)37(28(38)36-11-3-2-4-12-36)19-22-8-7-21(17-24(22)29)26-32-33-27(39-26)25(30)31/h5-10,17,27H,2-4,11-16,18-20H2,1H3,(H,33,39);5-10,17,25H,2-4,11-16,18-19H2,1H3. The Morgan fingerprint density at radius 1 is 0.570 bits per heavy atom. The molecule has 0 radical (unpaired) electrons. The number of piperidine rings is 2. The molecule has 5 aromatic rings. The first kappa shape index (κ1) is 58.3. The van der Waals surface area contributed by atoms with E-state index in [0.29, 0.717) is 43.1 Å². The van der Waals surface area contributed by atoms with Crippen molar-refractivity contribution < 1.29 is 49.9 Å². The van der Waals surface area contributed by atoms with E-state index in [0.717, 1.165) is 121 Å². The van der Waals surface area contributed by atoms with Crippen LogP contribution < -0.4 is 15.1 Å². The summed E-state index contributed by atoms with van der Waals surface area (Å²) in [5.74, 6) is -4.55. The van der Waals surface area contributed by atoms with Crippen LogP contribution in [0.25, 0.3) is 11.5 Å². The van der Waals surface area contributed by atoms with Gasteiger partial charge in [0.25, 0.3) is 11.8 Å². The van der Waals surface area contributed by atoms with Gasteiger partial charge in [-0.15, -0.1) is 10.2 Å². The number of hydrogen-bond acceptors (Lipinski definition) is 11. The Balaban J connectivity index is 0.000000208. The maximum Gasteiger partial charge on any atom is 0.324 e. The third-order valence-electron chi connectivity index (χ3n) is 14.8. The molecule has 9 rings (SSSR count). The van der Waals surface area contributed by atoms with Crippen molar-refractivity contribution in [1.82, 2.24) is 44.9 Å². The fourth-order valence-corrected chi connectivity index (χ4v) is 9.93. The fraction of sp³-hybridized carbons (Fsp3) is 0.474. The number of rotatable bonds is 16. The lowest BCUT2D eigenvalue weighted by Gasteiger charge is -2.34. The number of alkyl halides is 4. The highest BCUT2D eigenvalue weighted by Crippen LogP contribution is 2.29. The Bertz CT molecular complexity index is 2810. The number of likely N-dealkylation sites (tertiary alicyclic amines) is 2. The molecule has 1 N–H and O–H groups in total. The zero-order valence-electron chi connectivity index (χ0n) is 44.8. The van der Waals surface area contributed by atoms with Crippen molar-refractivity contribution in [2.75, 3.05) is 109 Å². The first-order valence-electron chi connectivity index (χ1n) is 27.0. The highest BCUT2D eigenvalue weighted by molar-refractivity contribution is 5.99. The summed E-state index contributed by atoms with van der Waals surface area (Å²) in [6.45, 7) is 11.7. The summed E-state index contributed by atoms with van der Waals surface area (Å²) >= 11 is 0. The van der Waals surface area contributed by atoms with E-state index >= 15 is 8.78 Å². The molecule has 0 aliphatic carbocycles. The summed E-state index contributed by atoms with van der Waals surface area (Å²) in [5.41, 5.74) is 4.26. The van der Waals surface area contributed by atoms with Crippen LogP contribution in [-0.2, 0) is 31.0 Å². The predicted molar refractivity (Wildman–Crippen MR) is 287 cm³/mol. The summed E-state index contributed by atoms with van der Waals surface area (Å²) in [6.07, 6.45) is -0.285. The number of anilines is 2. The normalized spacial score (nSPS) is 16.9. The number of carbonyl (C=O) groups is 4. The first-order valence-corrected chi connectivity index (χ1v) is 27.0. The van der Waals surface area contributed by atoms with Gasteiger partial charge in [-0.25, -0.2) is 18.4 Å². The molecule has 4 aliphatic rings. The molecule has 1 aromatic heterocycles. The molecule has 0 atom stereocenters. The minimum absolute atomic E-state index is 0.0192. The van der Waals surface area contributed by atoms with Gasteiger partial charge in [0.2, 0.25) is 5.89 Å². The van der Waals surface area contributed by atoms with E-state index in [1.807, 2.05) is 58.7 Å². The Morgan fingerprint density at radius 2 is 1.03 bits per heavy atom. The quantitative estimate of drug-likeness (QED) is 0.0747. The summed E-state index contributed by atoms with van der Waals surface area (Å²) in [4.78, 5) is 66.7. The van der Waals surface area contributed by atoms with Crippen molar-refractivity contribution >= 4 is 35.1 Å². The SMILES string of the molecule is CN1CCN(Cc2ccc(N(Cc3ccc(-c4nnc(C(F)F)o4)cc3F)C(=O)N3CCCCC3)cc2)CC1.CN1CCN(Cc2ccc(N(Cc3ccc(C(=O)CNC(=O)C(F)F)cc3F)C(=O)N3CCCCC3)cc2)CC1. The van der Waals surface area contributed by atoms with E-state index < -0.39 is 48.6 Å². The largest absolute Gasteiger partial charge is 0.415 e. The lowest BCUT2D eigenvalue weighted by molar-refractivity contribution is -0.131. The smallest absolute Gasteiger partial charge is 0.324 e. The Kier molecular flexibility index (Phi) is 20.5. The molecule has 5 amide bonds. The molecular formula is C57H69F6N11O5. The number of aromatic nitrogens is 2. The van der Waals surface area contributed by atoms with Crippen molar-refractivity contribution in [1.29, 1.82) is 0 Å². The molecule has 79 heavy (non-hydrogen) atoms. The van der Waals surface area contributed by atoms with Crippen molar-refractivity contribution in [2.45, 2.75) is 77.6 Å². The van der Waals surface area contributed by atoms with Crippen molar-refractivity contribution in [2.24, 2.45) is 0 Å². The van der Waals surface area contributed by atoms with E-state index in [9.17, 15) is 36.7 Å². The zero-order valence-corrected chi connectivity index (χ0v) is 44.8. The van der Waals surface area contributed by atoms with Crippen LogP contribution in [0.5, 0.6) is 0 Å². The highest BCUT2D eigenvalue weighted by atomic mass is 19.3. The Hall–Kier alpha value is -6.88. The topological polar surface area (TPSA) is 145 Å². The van der Waals surface area contributed by atoms with Crippen LogP contribution in [0.1, 0.15) is 83.5 Å². The second-order valence-electron chi connectivity index (χ2n) is 20.6. The van der Waals surface area contributed by atoms with Crippen LogP contribution in [0, 0.1) is 11.6 Å². The average molecular weight is 1100 g/mol. The number of carbonyl (C=O) groups excluding carboxylic acids is 4. The molecule has 0 spiro atoms. The molecule has 0 saturated carbocycles. The van der Waals surface area contributed by atoms with E-state index in [1.54, 1.807) is 14.7 Å². The van der Waals surface area contributed by atoms with Crippen LogP contribution >= 0.6 is 0 Å². The van der Waals surface area contributed by atoms with Gasteiger partial charge in [0, 0.05) is 125 Å². The minimum atomic E-state index is -3.24. The number of hydrogen-bond donors (Lipinski definition) is 1. The van der Waals surface area contributed by atoms with Crippen molar-refractivity contribution in [3.8, 4) is 11.5 Å². The maximum atomic E-state index is 15.2. The monoisotopic (exact) mass is 1100 g/mol. The fourth-order valence-electron chi connectivity index (χ4n) is 9.93. The molecule has 0 unspecified atom stereocenters. The third kappa shape index (κ3) is 16.1. The molecule has 22 heteroatoms. The van der Waals surface area contributed by atoms with Gasteiger partial charge < -0.3 is 29.3 Å². The van der Waals surface area contributed by atoms with Crippen LogP contribution in [0.2, 0.25) is 0 Å². The van der Waals surface area contributed by atoms with Crippen molar-refractivity contribution in [3.63, 3.8) is 0 Å². The number of urea groups is 2. The molecule has 4 fully saturated rings. The Morgan fingerprint density at radius 3 is 1.44 bits per heavy atom. The van der Waals surface area contributed by atoms with E-state index in [2.05, 4.69) is 43.9 Å². The van der Waals surface area contributed by atoms with Gasteiger partial charge in [0.1, 0.15) is 11.6 Å². The van der Waals surface area contributed by atoms with Gasteiger partial charge in [-0.05, 0) is 106 Å². The van der Waals surface area contributed by atoms with Gasteiger partial charge in [-0.2, -0.15) is 17.6 Å². The van der Waals surface area contributed by atoms with Crippen LogP contribution in [0.3, 0.4) is 0 Å². The number of halogens is 6. The molecule has 5 heterocycles. The Labute approximate surface area is 456 Å². The van der Waals surface area contributed by atoms with Crippen molar-refractivity contribution in [3.05, 3.63) is 130 Å². The molecule has 16 nitrogen and oxygen atoms in total. The molecule has 424 valence electrons. The highest BCUT2D eigenvalue weighted by Gasteiger charge is 2.28.